The van der Waals surface area contributed by atoms with Crippen molar-refractivity contribution in [3.63, 3.8) is 0 Å². The molecule has 1 aliphatic heterocycles. The maximum absolute atomic E-state index is 5.81. The summed E-state index contributed by atoms with van der Waals surface area (Å²) >= 11 is 1.81. The van der Waals surface area contributed by atoms with Crippen molar-refractivity contribution in [3.05, 3.63) is 15.6 Å². The lowest BCUT2D eigenvalue weighted by atomic mass is 10.2. The highest BCUT2D eigenvalue weighted by Crippen LogP contribution is 2.21. The molecule has 0 bridgehead atoms. The minimum Gasteiger partial charge on any atom is -0.326 e. The standard InChI is InChI=1S/C14H26N4S/c1-3-5-12-13(10-15)19-14(16-12)11-18-8-6-17(4-2)7-9-18/h3-11,15H2,1-2H3. The van der Waals surface area contributed by atoms with Crippen LogP contribution in [-0.2, 0) is 19.5 Å². The van der Waals surface area contributed by atoms with Crippen LogP contribution in [0.5, 0.6) is 0 Å². The zero-order chi connectivity index (χ0) is 13.7. The van der Waals surface area contributed by atoms with Crippen LogP contribution in [0.25, 0.3) is 0 Å². The minimum atomic E-state index is 0.636. The number of nitrogens with zero attached hydrogens (tertiary/aromatic N) is 3. The Labute approximate surface area is 120 Å². The Balaban J connectivity index is 1.92. The number of thiazole rings is 1. The fourth-order valence-corrected chi connectivity index (χ4v) is 3.59. The molecule has 1 saturated heterocycles. The Morgan fingerprint density at radius 2 is 1.84 bits per heavy atom. The Morgan fingerprint density at radius 1 is 1.16 bits per heavy atom. The molecular formula is C14H26N4S. The van der Waals surface area contributed by atoms with E-state index in [1.54, 1.807) is 0 Å². The molecule has 0 atom stereocenters. The number of hydrogen-bond donors (Lipinski definition) is 1. The Kier molecular flexibility index (Phi) is 5.76. The number of rotatable bonds is 6. The SMILES string of the molecule is CCCc1nc(CN2CCN(CC)CC2)sc1CN. The van der Waals surface area contributed by atoms with Crippen molar-refractivity contribution in [2.45, 2.75) is 39.8 Å². The Bertz CT molecular complexity index is 383. The summed E-state index contributed by atoms with van der Waals surface area (Å²) in [4.78, 5) is 11.1. The summed E-state index contributed by atoms with van der Waals surface area (Å²) in [6, 6.07) is 0. The van der Waals surface area contributed by atoms with Gasteiger partial charge in [0.05, 0.1) is 12.2 Å². The van der Waals surface area contributed by atoms with Crippen molar-refractivity contribution < 1.29 is 0 Å². The molecule has 1 fully saturated rings. The van der Waals surface area contributed by atoms with Crippen LogP contribution < -0.4 is 5.73 Å². The van der Waals surface area contributed by atoms with Gasteiger partial charge in [0.1, 0.15) is 5.01 Å². The second kappa shape index (κ2) is 7.33. The third-order valence-corrected chi connectivity index (χ3v) is 4.87. The first-order chi connectivity index (χ1) is 9.26. The smallest absolute Gasteiger partial charge is 0.107 e. The van der Waals surface area contributed by atoms with E-state index in [0.717, 1.165) is 32.5 Å². The molecule has 0 saturated carbocycles. The fourth-order valence-electron chi connectivity index (χ4n) is 2.55. The molecule has 2 rings (SSSR count). The monoisotopic (exact) mass is 282 g/mol. The molecule has 1 aromatic heterocycles. The van der Waals surface area contributed by atoms with Gasteiger partial charge >= 0.3 is 0 Å². The lowest BCUT2D eigenvalue weighted by Gasteiger charge is -2.33. The van der Waals surface area contributed by atoms with Crippen molar-refractivity contribution in [1.82, 2.24) is 14.8 Å². The Hall–Kier alpha value is -0.490. The summed E-state index contributed by atoms with van der Waals surface area (Å²) in [6.45, 7) is 11.9. The van der Waals surface area contributed by atoms with Crippen LogP contribution in [0.3, 0.4) is 0 Å². The van der Waals surface area contributed by atoms with Crippen LogP contribution in [0.4, 0.5) is 0 Å². The first-order valence-corrected chi connectivity index (χ1v) is 8.20. The lowest BCUT2D eigenvalue weighted by Crippen LogP contribution is -2.45. The molecule has 0 unspecified atom stereocenters. The van der Waals surface area contributed by atoms with Gasteiger partial charge in [0, 0.05) is 37.6 Å². The molecular weight excluding hydrogens is 256 g/mol. The van der Waals surface area contributed by atoms with E-state index in [9.17, 15) is 0 Å². The molecule has 2 heterocycles. The van der Waals surface area contributed by atoms with Crippen molar-refractivity contribution in [1.29, 1.82) is 0 Å². The van der Waals surface area contributed by atoms with E-state index in [-0.39, 0.29) is 0 Å². The van der Waals surface area contributed by atoms with Gasteiger partial charge in [0.25, 0.3) is 0 Å². The molecule has 108 valence electrons. The normalized spacial score (nSPS) is 18.1. The van der Waals surface area contributed by atoms with Gasteiger partial charge in [-0.2, -0.15) is 0 Å². The van der Waals surface area contributed by atoms with Gasteiger partial charge in [0.2, 0.25) is 0 Å². The predicted molar refractivity (Wildman–Crippen MR) is 81.4 cm³/mol. The molecule has 0 amide bonds. The topological polar surface area (TPSA) is 45.4 Å². The van der Waals surface area contributed by atoms with Crippen molar-refractivity contribution in [3.8, 4) is 0 Å². The highest BCUT2D eigenvalue weighted by atomic mass is 32.1. The molecule has 5 heteroatoms. The van der Waals surface area contributed by atoms with E-state index in [0.29, 0.717) is 6.54 Å². The first kappa shape index (κ1) is 14.9. The van der Waals surface area contributed by atoms with Crippen LogP contribution in [0.1, 0.15) is 35.8 Å². The number of aromatic nitrogens is 1. The molecule has 1 aromatic rings. The maximum Gasteiger partial charge on any atom is 0.107 e. The second-order valence-electron chi connectivity index (χ2n) is 5.14. The fraction of sp³-hybridized carbons (Fsp3) is 0.786. The third-order valence-electron chi connectivity index (χ3n) is 3.77. The summed E-state index contributed by atoms with van der Waals surface area (Å²) in [5.41, 5.74) is 7.05. The van der Waals surface area contributed by atoms with Crippen molar-refractivity contribution >= 4 is 11.3 Å². The van der Waals surface area contributed by atoms with Gasteiger partial charge in [-0.3, -0.25) is 4.90 Å². The second-order valence-corrected chi connectivity index (χ2v) is 6.31. The van der Waals surface area contributed by atoms with Crippen LogP contribution in [0.15, 0.2) is 0 Å². The average Bonchev–Trinajstić information content (AvgIpc) is 2.82. The minimum absolute atomic E-state index is 0.636. The quantitative estimate of drug-likeness (QED) is 0.862. The first-order valence-electron chi connectivity index (χ1n) is 7.39. The summed E-state index contributed by atoms with van der Waals surface area (Å²) in [6.07, 6.45) is 2.21. The molecule has 0 radical (unpaired) electrons. The zero-order valence-electron chi connectivity index (χ0n) is 12.2. The molecule has 1 aliphatic rings. The number of piperazine rings is 1. The summed E-state index contributed by atoms with van der Waals surface area (Å²) < 4.78 is 0. The molecule has 0 aromatic carbocycles. The third kappa shape index (κ3) is 3.99. The van der Waals surface area contributed by atoms with E-state index >= 15 is 0 Å². The highest BCUT2D eigenvalue weighted by molar-refractivity contribution is 7.11. The summed E-state index contributed by atoms with van der Waals surface area (Å²) in [5, 5.41) is 1.24. The number of nitrogens with two attached hydrogens (primary N) is 1. The van der Waals surface area contributed by atoms with Gasteiger partial charge in [-0.05, 0) is 13.0 Å². The largest absolute Gasteiger partial charge is 0.326 e. The molecule has 19 heavy (non-hydrogen) atoms. The van der Waals surface area contributed by atoms with Crippen LogP contribution in [0.2, 0.25) is 0 Å². The number of aryl methyl sites for hydroxylation is 1. The van der Waals surface area contributed by atoms with Gasteiger partial charge in [-0.25, -0.2) is 4.98 Å². The van der Waals surface area contributed by atoms with Crippen LogP contribution in [0, 0.1) is 0 Å². The number of likely N-dealkylation sites (N-methyl/N-ethyl adjacent to an activating group) is 1. The zero-order valence-corrected chi connectivity index (χ0v) is 13.0. The lowest BCUT2D eigenvalue weighted by molar-refractivity contribution is 0.132. The number of hydrogen-bond acceptors (Lipinski definition) is 5. The van der Waals surface area contributed by atoms with Gasteiger partial charge in [0.15, 0.2) is 0 Å². The van der Waals surface area contributed by atoms with Gasteiger partial charge in [-0.1, -0.05) is 20.3 Å². The van der Waals surface area contributed by atoms with Crippen LogP contribution >= 0.6 is 11.3 Å². The van der Waals surface area contributed by atoms with E-state index in [2.05, 4.69) is 23.6 Å². The maximum atomic E-state index is 5.81. The average molecular weight is 282 g/mol. The van der Waals surface area contributed by atoms with Gasteiger partial charge in [-0.15, -0.1) is 11.3 Å². The van der Waals surface area contributed by atoms with Gasteiger partial charge < -0.3 is 10.6 Å². The highest BCUT2D eigenvalue weighted by Gasteiger charge is 2.17. The van der Waals surface area contributed by atoms with E-state index in [4.69, 9.17) is 10.7 Å². The summed E-state index contributed by atoms with van der Waals surface area (Å²) in [5.74, 6) is 0. The van der Waals surface area contributed by atoms with E-state index in [1.807, 2.05) is 11.3 Å². The van der Waals surface area contributed by atoms with E-state index in [1.165, 1.54) is 35.2 Å². The summed E-state index contributed by atoms with van der Waals surface area (Å²) in [7, 11) is 0. The molecule has 4 nitrogen and oxygen atoms in total. The molecule has 0 spiro atoms. The van der Waals surface area contributed by atoms with Crippen LogP contribution in [-0.4, -0.2) is 47.5 Å². The Morgan fingerprint density at radius 3 is 2.42 bits per heavy atom. The van der Waals surface area contributed by atoms with Crippen molar-refractivity contribution in [2.75, 3.05) is 32.7 Å². The van der Waals surface area contributed by atoms with Crippen molar-refractivity contribution in [2.24, 2.45) is 5.73 Å². The van der Waals surface area contributed by atoms with E-state index < -0.39 is 0 Å². The molecule has 0 aliphatic carbocycles. The molecule has 2 N–H and O–H groups in total. The predicted octanol–water partition coefficient (Wildman–Crippen LogP) is 1.69.